The first kappa shape index (κ1) is 27.1. The fraction of sp³-hybridized carbons (Fsp3) is 0.722. The van der Waals surface area contributed by atoms with Crippen molar-refractivity contribution in [2.24, 2.45) is 34.0 Å². The van der Waals surface area contributed by atoms with Gasteiger partial charge in [-0.05, 0) is 24.7 Å². The Morgan fingerprint density at radius 2 is 1.40 bits per heavy atom. The minimum atomic E-state index is -1.20. The summed E-state index contributed by atoms with van der Waals surface area (Å²) in [5.41, 5.74) is 16.3. The van der Waals surface area contributed by atoms with E-state index in [1.165, 1.54) is 0 Å². The number of rotatable bonds is 13. The number of carboxylic acid groups (broad SMARTS) is 1. The largest absolute Gasteiger partial charge is 0.480 e. The number of carbonyl (C=O) groups excluding carboxylic acids is 3. The highest BCUT2D eigenvalue weighted by molar-refractivity contribution is 5.93. The summed E-state index contributed by atoms with van der Waals surface area (Å²) < 4.78 is 0. The molecular formula is C18H35N7O5. The van der Waals surface area contributed by atoms with Crippen molar-refractivity contribution in [2.45, 2.75) is 58.7 Å². The third-order valence-corrected chi connectivity index (χ3v) is 4.21. The van der Waals surface area contributed by atoms with Crippen LogP contribution >= 0.6 is 0 Å². The summed E-state index contributed by atoms with van der Waals surface area (Å²) in [6.07, 6.45) is 0.811. The number of amides is 3. The van der Waals surface area contributed by atoms with Gasteiger partial charge in [0.05, 0.1) is 6.04 Å². The lowest BCUT2D eigenvalue weighted by Crippen LogP contribution is -2.58. The topological polar surface area (TPSA) is 215 Å². The van der Waals surface area contributed by atoms with Gasteiger partial charge in [-0.1, -0.05) is 27.7 Å². The Bertz CT molecular complexity index is 632. The van der Waals surface area contributed by atoms with Crippen molar-refractivity contribution in [1.29, 1.82) is 0 Å². The highest BCUT2D eigenvalue weighted by Crippen LogP contribution is 2.07. The van der Waals surface area contributed by atoms with Gasteiger partial charge in [0.1, 0.15) is 18.6 Å². The Labute approximate surface area is 176 Å². The van der Waals surface area contributed by atoms with E-state index in [2.05, 4.69) is 20.9 Å². The van der Waals surface area contributed by atoms with Crippen LogP contribution in [0, 0.1) is 11.8 Å². The molecule has 0 aliphatic rings. The number of carboxylic acids is 1. The van der Waals surface area contributed by atoms with Gasteiger partial charge >= 0.3 is 5.97 Å². The number of hydrogen-bond donors (Lipinski definition) is 7. The molecule has 3 atom stereocenters. The SMILES string of the molecule is CC(C)C(NC(=O)C(N)CCCN=C(N)N)C(=O)NC(C(=O)NCC(=O)O)C(C)C. The van der Waals surface area contributed by atoms with Crippen molar-refractivity contribution in [3.05, 3.63) is 0 Å². The van der Waals surface area contributed by atoms with Gasteiger partial charge in [-0.3, -0.25) is 24.2 Å². The van der Waals surface area contributed by atoms with Crippen LogP contribution in [0.2, 0.25) is 0 Å². The summed E-state index contributed by atoms with van der Waals surface area (Å²) in [5, 5.41) is 16.1. The molecule has 172 valence electrons. The van der Waals surface area contributed by atoms with Crippen LogP contribution in [0.15, 0.2) is 4.99 Å². The number of nitrogens with zero attached hydrogens (tertiary/aromatic N) is 1. The van der Waals surface area contributed by atoms with Crippen LogP contribution in [0.3, 0.4) is 0 Å². The van der Waals surface area contributed by atoms with Gasteiger partial charge in [0.2, 0.25) is 17.7 Å². The van der Waals surface area contributed by atoms with Gasteiger partial charge in [0.25, 0.3) is 0 Å². The summed E-state index contributed by atoms with van der Waals surface area (Å²) in [5.74, 6) is -3.51. The summed E-state index contributed by atoms with van der Waals surface area (Å²) in [6.45, 7) is 6.67. The summed E-state index contributed by atoms with van der Waals surface area (Å²) >= 11 is 0. The molecule has 0 saturated carbocycles. The number of aliphatic imine (C=N–C) groups is 1. The predicted molar refractivity (Wildman–Crippen MR) is 112 cm³/mol. The van der Waals surface area contributed by atoms with Crippen molar-refractivity contribution >= 4 is 29.7 Å². The summed E-state index contributed by atoms with van der Waals surface area (Å²) in [4.78, 5) is 51.8. The van der Waals surface area contributed by atoms with Crippen LogP contribution in [0.1, 0.15) is 40.5 Å². The minimum absolute atomic E-state index is 0.0448. The number of hydrogen-bond acceptors (Lipinski definition) is 6. The van der Waals surface area contributed by atoms with Crippen LogP contribution < -0.4 is 33.2 Å². The van der Waals surface area contributed by atoms with E-state index in [-0.39, 0.29) is 17.8 Å². The normalized spacial score (nSPS) is 13.8. The molecule has 0 fully saturated rings. The molecule has 0 aromatic carbocycles. The van der Waals surface area contributed by atoms with Crippen molar-refractivity contribution < 1.29 is 24.3 Å². The first-order valence-corrected chi connectivity index (χ1v) is 9.78. The molecule has 12 heteroatoms. The highest BCUT2D eigenvalue weighted by Gasteiger charge is 2.31. The number of nitrogens with two attached hydrogens (primary N) is 3. The molecule has 3 amide bonds. The van der Waals surface area contributed by atoms with E-state index in [0.717, 1.165) is 0 Å². The molecule has 3 unspecified atom stereocenters. The Morgan fingerprint density at radius 1 is 0.900 bits per heavy atom. The lowest BCUT2D eigenvalue weighted by molar-refractivity contribution is -0.139. The average Bonchev–Trinajstić information content (AvgIpc) is 2.64. The van der Waals surface area contributed by atoms with E-state index < -0.39 is 48.4 Å². The van der Waals surface area contributed by atoms with Crippen molar-refractivity contribution in [3.8, 4) is 0 Å². The summed E-state index contributed by atoms with van der Waals surface area (Å²) in [7, 11) is 0. The number of guanidine groups is 1. The zero-order valence-electron chi connectivity index (χ0n) is 18.0. The van der Waals surface area contributed by atoms with Crippen molar-refractivity contribution in [2.75, 3.05) is 13.1 Å². The fourth-order valence-electron chi connectivity index (χ4n) is 2.50. The quantitative estimate of drug-likeness (QED) is 0.0970. The zero-order valence-corrected chi connectivity index (χ0v) is 18.0. The van der Waals surface area contributed by atoms with Gasteiger partial charge in [0, 0.05) is 6.54 Å². The fourth-order valence-corrected chi connectivity index (χ4v) is 2.50. The first-order chi connectivity index (χ1) is 13.9. The van der Waals surface area contributed by atoms with Crippen LogP contribution in [-0.2, 0) is 19.2 Å². The Morgan fingerprint density at radius 3 is 1.87 bits per heavy atom. The second kappa shape index (κ2) is 13.4. The standard InChI is InChI=1S/C18H35N7O5/c1-9(2)13(16(29)23-8-12(26)27)25-17(30)14(10(3)4)24-15(28)11(19)6-5-7-22-18(20)21/h9-11,13-14H,5-8,19H2,1-4H3,(H,23,29)(H,24,28)(H,25,30)(H,26,27)(H4,20,21,22). The maximum atomic E-state index is 12.7. The molecule has 0 bridgehead atoms. The maximum Gasteiger partial charge on any atom is 0.322 e. The third-order valence-electron chi connectivity index (χ3n) is 4.21. The lowest BCUT2D eigenvalue weighted by atomic mass is 9.99. The van der Waals surface area contributed by atoms with E-state index in [1.54, 1.807) is 27.7 Å². The molecular weight excluding hydrogens is 394 g/mol. The van der Waals surface area contributed by atoms with Crippen LogP contribution in [-0.4, -0.2) is 66.0 Å². The van der Waals surface area contributed by atoms with Crippen LogP contribution in [0.4, 0.5) is 0 Å². The first-order valence-electron chi connectivity index (χ1n) is 9.78. The lowest BCUT2D eigenvalue weighted by Gasteiger charge is -2.27. The van der Waals surface area contributed by atoms with Gasteiger partial charge in [-0.25, -0.2) is 0 Å². The van der Waals surface area contributed by atoms with E-state index in [1.807, 2.05) is 0 Å². The molecule has 0 aromatic rings. The number of carbonyl (C=O) groups is 4. The van der Waals surface area contributed by atoms with E-state index in [9.17, 15) is 19.2 Å². The van der Waals surface area contributed by atoms with Gasteiger partial charge in [-0.15, -0.1) is 0 Å². The molecule has 12 nitrogen and oxygen atoms in total. The molecule has 0 aliphatic heterocycles. The van der Waals surface area contributed by atoms with Crippen LogP contribution in [0.25, 0.3) is 0 Å². The molecule has 0 heterocycles. The molecule has 0 aliphatic carbocycles. The van der Waals surface area contributed by atoms with E-state index in [0.29, 0.717) is 19.4 Å². The van der Waals surface area contributed by atoms with Crippen molar-refractivity contribution in [3.63, 3.8) is 0 Å². The monoisotopic (exact) mass is 429 g/mol. The molecule has 0 spiro atoms. The van der Waals surface area contributed by atoms with Crippen LogP contribution in [0.5, 0.6) is 0 Å². The Hall–Kier alpha value is -2.89. The average molecular weight is 430 g/mol. The second-order valence-electron chi connectivity index (χ2n) is 7.63. The molecule has 30 heavy (non-hydrogen) atoms. The molecule has 0 radical (unpaired) electrons. The molecule has 0 saturated heterocycles. The summed E-state index contributed by atoms with van der Waals surface area (Å²) in [6, 6.07) is -2.73. The van der Waals surface area contributed by atoms with Gasteiger partial charge in [0.15, 0.2) is 5.96 Å². The number of aliphatic carboxylic acids is 1. The number of nitrogens with one attached hydrogen (secondary N) is 3. The van der Waals surface area contributed by atoms with Crippen molar-refractivity contribution in [1.82, 2.24) is 16.0 Å². The highest BCUT2D eigenvalue weighted by atomic mass is 16.4. The second-order valence-corrected chi connectivity index (χ2v) is 7.63. The predicted octanol–water partition coefficient (Wildman–Crippen LogP) is -2.15. The zero-order chi connectivity index (χ0) is 23.4. The van der Waals surface area contributed by atoms with Gasteiger partial charge < -0.3 is 38.3 Å². The Balaban J connectivity index is 4.98. The molecule has 10 N–H and O–H groups in total. The molecule has 0 rings (SSSR count). The molecule has 0 aromatic heterocycles. The van der Waals surface area contributed by atoms with E-state index in [4.69, 9.17) is 22.3 Å². The van der Waals surface area contributed by atoms with E-state index >= 15 is 0 Å². The minimum Gasteiger partial charge on any atom is -0.480 e. The Kier molecular flexibility index (Phi) is 12.1. The van der Waals surface area contributed by atoms with Gasteiger partial charge in [-0.2, -0.15) is 0 Å². The smallest absolute Gasteiger partial charge is 0.322 e. The third kappa shape index (κ3) is 10.6. The maximum absolute atomic E-state index is 12.7.